The van der Waals surface area contributed by atoms with Crippen molar-refractivity contribution < 1.29 is 18.3 Å². The van der Waals surface area contributed by atoms with Crippen molar-refractivity contribution in [3.8, 4) is 11.1 Å². The van der Waals surface area contributed by atoms with E-state index >= 15 is 0 Å². The molecule has 0 aliphatic carbocycles. The number of aliphatic hydroxyl groups excluding tert-OH is 1. The zero-order valence-corrected chi connectivity index (χ0v) is 16.1. The molecule has 0 saturated carbocycles. The monoisotopic (exact) mass is 408 g/mol. The molecule has 4 rings (SSSR count). The van der Waals surface area contributed by atoms with Crippen molar-refractivity contribution in [2.75, 3.05) is 0 Å². The molecule has 0 saturated heterocycles. The van der Waals surface area contributed by atoms with Gasteiger partial charge >= 0.3 is 6.18 Å². The Balaban J connectivity index is 1.65. The molecule has 1 unspecified atom stereocenters. The SMILES string of the molecule is CC(O)c1ccccc1-c1ccc2nc(/C=C/c3cccc(C(F)(F)F)c3)[nH]c2c1. The van der Waals surface area contributed by atoms with E-state index in [0.29, 0.717) is 11.4 Å². The van der Waals surface area contributed by atoms with Gasteiger partial charge in [0, 0.05) is 0 Å². The molecule has 0 aliphatic heterocycles. The average molecular weight is 408 g/mol. The number of rotatable bonds is 4. The molecule has 2 N–H and O–H groups in total. The summed E-state index contributed by atoms with van der Waals surface area (Å²) in [5.74, 6) is 0.545. The van der Waals surface area contributed by atoms with Crippen LogP contribution >= 0.6 is 0 Å². The van der Waals surface area contributed by atoms with Crippen LogP contribution in [0.5, 0.6) is 0 Å². The molecule has 0 spiro atoms. The molecular formula is C24H19F3N2O. The lowest BCUT2D eigenvalue weighted by atomic mass is 9.96. The fourth-order valence-corrected chi connectivity index (χ4v) is 3.39. The Morgan fingerprint density at radius 1 is 0.967 bits per heavy atom. The number of aliphatic hydroxyl groups is 1. The van der Waals surface area contributed by atoms with Crippen LogP contribution in [0, 0.1) is 0 Å². The number of alkyl halides is 3. The fourth-order valence-electron chi connectivity index (χ4n) is 3.39. The molecule has 0 fully saturated rings. The Labute approximate surface area is 171 Å². The van der Waals surface area contributed by atoms with Gasteiger partial charge in [0.15, 0.2) is 0 Å². The number of aromatic amines is 1. The van der Waals surface area contributed by atoms with Gasteiger partial charge in [-0.1, -0.05) is 48.5 Å². The van der Waals surface area contributed by atoms with Gasteiger partial charge in [-0.3, -0.25) is 0 Å². The Bertz CT molecular complexity index is 1220. The zero-order valence-electron chi connectivity index (χ0n) is 16.1. The van der Waals surface area contributed by atoms with Crippen molar-refractivity contribution in [3.63, 3.8) is 0 Å². The first-order valence-corrected chi connectivity index (χ1v) is 9.44. The van der Waals surface area contributed by atoms with Crippen molar-refractivity contribution in [1.82, 2.24) is 9.97 Å². The summed E-state index contributed by atoms with van der Waals surface area (Å²) in [5, 5.41) is 10.0. The summed E-state index contributed by atoms with van der Waals surface area (Å²) in [4.78, 5) is 7.66. The van der Waals surface area contributed by atoms with Gasteiger partial charge in [0.25, 0.3) is 0 Å². The minimum absolute atomic E-state index is 0.442. The fraction of sp³-hybridized carbons (Fsp3) is 0.125. The maximum Gasteiger partial charge on any atom is 0.416 e. The molecule has 30 heavy (non-hydrogen) atoms. The van der Waals surface area contributed by atoms with Gasteiger partial charge in [-0.2, -0.15) is 13.2 Å². The number of hydrogen-bond acceptors (Lipinski definition) is 2. The highest BCUT2D eigenvalue weighted by atomic mass is 19.4. The van der Waals surface area contributed by atoms with Crippen molar-refractivity contribution in [2.45, 2.75) is 19.2 Å². The molecule has 3 nitrogen and oxygen atoms in total. The number of halogens is 3. The maximum absolute atomic E-state index is 12.9. The quantitative estimate of drug-likeness (QED) is 0.406. The van der Waals surface area contributed by atoms with Crippen LogP contribution in [0.15, 0.2) is 66.7 Å². The van der Waals surface area contributed by atoms with Gasteiger partial charge in [-0.05, 0) is 59.5 Å². The van der Waals surface area contributed by atoms with Gasteiger partial charge in [0.1, 0.15) is 5.82 Å². The Morgan fingerprint density at radius 2 is 1.77 bits per heavy atom. The van der Waals surface area contributed by atoms with Gasteiger partial charge in [0.05, 0.1) is 22.7 Å². The van der Waals surface area contributed by atoms with E-state index in [-0.39, 0.29) is 0 Å². The number of nitrogens with one attached hydrogen (secondary N) is 1. The van der Waals surface area contributed by atoms with Crippen molar-refractivity contribution >= 4 is 23.2 Å². The van der Waals surface area contributed by atoms with Crippen LogP contribution in [-0.4, -0.2) is 15.1 Å². The third-order valence-corrected chi connectivity index (χ3v) is 4.87. The summed E-state index contributed by atoms with van der Waals surface area (Å²) in [6.07, 6.45) is -1.72. The van der Waals surface area contributed by atoms with Crippen molar-refractivity contribution in [1.29, 1.82) is 0 Å². The zero-order chi connectivity index (χ0) is 21.3. The maximum atomic E-state index is 12.9. The molecule has 0 amide bonds. The largest absolute Gasteiger partial charge is 0.416 e. The number of imidazole rings is 1. The van der Waals surface area contributed by atoms with Gasteiger partial charge in [-0.15, -0.1) is 0 Å². The summed E-state index contributed by atoms with van der Waals surface area (Å²) >= 11 is 0. The summed E-state index contributed by atoms with van der Waals surface area (Å²) in [7, 11) is 0. The molecule has 6 heteroatoms. The van der Waals surface area contributed by atoms with Crippen LogP contribution in [0.1, 0.15) is 35.5 Å². The lowest BCUT2D eigenvalue weighted by molar-refractivity contribution is -0.137. The minimum Gasteiger partial charge on any atom is -0.389 e. The average Bonchev–Trinajstić information content (AvgIpc) is 3.14. The molecule has 4 aromatic rings. The lowest BCUT2D eigenvalue weighted by Crippen LogP contribution is -2.04. The van der Waals surface area contributed by atoms with Crippen molar-refractivity contribution in [2.24, 2.45) is 0 Å². The predicted octanol–water partition coefficient (Wildman–Crippen LogP) is 6.47. The molecule has 0 radical (unpaired) electrons. The highest BCUT2D eigenvalue weighted by Crippen LogP contribution is 2.31. The van der Waals surface area contributed by atoms with Gasteiger partial charge in [-0.25, -0.2) is 4.98 Å². The Kier molecular flexibility index (Phi) is 5.18. The second-order valence-electron chi connectivity index (χ2n) is 7.07. The molecule has 0 bridgehead atoms. The Hall–Kier alpha value is -3.38. The molecule has 0 aliphatic rings. The second-order valence-corrected chi connectivity index (χ2v) is 7.07. The van der Waals surface area contributed by atoms with E-state index in [1.54, 1.807) is 25.1 Å². The van der Waals surface area contributed by atoms with E-state index in [1.807, 2.05) is 42.5 Å². The van der Waals surface area contributed by atoms with E-state index < -0.39 is 17.8 Å². The first-order chi connectivity index (χ1) is 14.3. The number of benzene rings is 3. The van der Waals surface area contributed by atoms with Crippen LogP contribution in [0.4, 0.5) is 13.2 Å². The van der Waals surface area contributed by atoms with Gasteiger partial charge < -0.3 is 10.1 Å². The number of nitrogens with zero attached hydrogens (tertiary/aromatic N) is 1. The first kappa shape index (κ1) is 19.9. The summed E-state index contributed by atoms with van der Waals surface area (Å²) in [5.41, 5.74) is 4.02. The third kappa shape index (κ3) is 4.14. The lowest BCUT2D eigenvalue weighted by Gasteiger charge is -2.11. The molecule has 1 atom stereocenters. The molecular weight excluding hydrogens is 389 g/mol. The molecule has 1 aromatic heterocycles. The summed E-state index contributed by atoms with van der Waals surface area (Å²) in [6, 6.07) is 18.5. The Morgan fingerprint density at radius 3 is 2.53 bits per heavy atom. The highest BCUT2D eigenvalue weighted by molar-refractivity contribution is 5.84. The van der Waals surface area contributed by atoms with Crippen LogP contribution in [-0.2, 0) is 6.18 Å². The van der Waals surface area contributed by atoms with E-state index in [9.17, 15) is 18.3 Å². The third-order valence-electron chi connectivity index (χ3n) is 4.87. The number of aromatic nitrogens is 2. The van der Waals surface area contributed by atoms with Crippen LogP contribution in [0.3, 0.4) is 0 Å². The van der Waals surface area contributed by atoms with E-state index in [2.05, 4.69) is 9.97 Å². The summed E-state index contributed by atoms with van der Waals surface area (Å²) in [6.45, 7) is 1.73. The molecule has 1 heterocycles. The number of fused-ring (bicyclic) bond motifs is 1. The molecule has 3 aromatic carbocycles. The van der Waals surface area contributed by atoms with Crippen LogP contribution in [0.25, 0.3) is 34.3 Å². The van der Waals surface area contributed by atoms with Crippen LogP contribution < -0.4 is 0 Å². The van der Waals surface area contributed by atoms with E-state index in [4.69, 9.17) is 0 Å². The normalized spacial score (nSPS) is 13.2. The predicted molar refractivity (Wildman–Crippen MR) is 113 cm³/mol. The smallest absolute Gasteiger partial charge is 0.389 e. The standard InChI is InChI=1S/C24H19F3N2O/c1-15(30)19-7-2-3-8-20(19)17-10-11-21-22(14-17)29-23(28-21)12-9-16-5-4-6-18(13-16)24(25,26)27/h2-15,30H,1H3,(H,28,29)/b12-9+. The highest BCUT2D eigenvalue weighted by Gasteiger charge is 2.30. The molecule has 152 valence electrons. The van der Waals surface area contributed by atoms with E-state index in [0.717, 1.165) is 39.9 Å². The topological polar surface area (TPSA) is 48.9 Å². The summed E-state index contributed by atoms with van der Waals surface area (Å²) < 4.78 is 38.6. The first-order valence-electron chi connectivity index (χ1n) is 9.44. The van der Waals surface area contributed by atoms with E-state index in [1.165, 1.54) is 6.07 Å². The van der Waals surface area contributed by atoms with Crippen molar-refractivity contribution in [3.05, 3.63) is 89.2 Å². The minimum atomic E-state index is -4.37. The van der Waals surface area contributed by atoms with Crippen LogP contribution in [0.2, 0.25) is 0 Å². The second kappa shape index (κ2) is 7.80. The number of hydrogen-bond donors (Lipinski definition) is 2. The number of H-pyrrole nitrogens is 1. The van der Waals surface area contributed by atoms with Gasteiger partial charge in [0.2, 0.25) is 0 Å².